The van der Waals surface area contributed by atoms with Crippen molar-refractivity contribution in [3.63, 3.8) is 0 Å². The van der Waals surface area contributed by atoms with Crippen molar-refractivity contribution >= 4 is 16.8 Å². The second kappa shape index (κ2) is 9.39. The third-order valence-corrected chi connectivity index (χ3v) is 9.46. The lowest BCUT2D eigenvalue weighted by Gasteiger charge is -2.36. The molecule has 4 fully saturated rings. The van der Waals surface area contributed by atoms with Crippen LogP contribution in [0.5, 0.6) is 0 Å². The van der Waals surface area contributed by atoms with Crippen molar-refractivity contribution in [2.75, 3.05) is 6.54 Å². The van der Waals surface area contributed by atoms with Crippen LogP contribution in [0.2, 0.25) is 0 Å². The Hall–Kier alpha value is -2.88. The minimum absolute atomic E-state index is 0.0286. The molecular weight excluding hydrogens is 486 g/mol. The number of aryl methyl sites for hydroxylation is 1. The molecule has 3 heterocycles. The zero-order chi connectivity index (χ0) is 26.0. The van der Waals surface area contributed by atoms with E-state index in [0.29, 0.717) is 17.9 Å². The van der Waals surface area contributed by atoms with Crippen molar-refractivity contribution in [2.24, 2.45) is 24.8 Å². The first kappa shape index (κ1) is 24.2. The number of carbonyl (C=O) groups excluding carboxylic acids is 1. The van der Waals surface area contributed by atoms with Crippen LogP contribution in [0.15, 0.2) is 42.6 Å². The quantitative estimate of drug-likeness (QED) is 0.480. The van der Waals surface area contributed by atoms with E-state index in [1.54, 1.807) is 0 Å². The fraction of sp³-hybridized carbons (Fsp3) is 0.517. The first-order valence-corrected chi connectivity index (χ1v) is 13.8. The lowest BCUT2D eigenvalue weighted by molar-refractivity contribution is -0.127. The Kier molecular flexibility index (Phi) is 5.98. The molecule has 3 aromatic rings. The van der Waals surface area contributed by atoms with Gasteiger partial charge in [0.25, 0.3) is 0 Å². The molecule has 7 rings (SSSR count). The number of nitrogens with one attached hydrogen (secondary N) is 3. The summed E-state index contributed by atoms with van der Waals surface area (Å²) in [5.41, 5.74) is 9.31. The van der Waals surface area contributed by atoms with E-state index in [1.807, 2.05) is 17.9 Å². The van der Waals surface area contributed by atoms with Gasteiger partial charge in [0.1, 0.15) is 11.6 Å². The summed E-state index contributed by atoms with van der Waals surface area (Å²) >= 11 is 0. The molecule has 1 amide bonds. The van der Waals surface area contributed by atoms with Crippen molar-refractivity contribution in [2.45, 2.75) is 62.8 Å². The van der Waals surface area contributed by atoms with Crippen LogP contribution in [0, 0.1) is 29.4 Å². The number of hydrazine groups is 1. The molecule has 0 radical (unpaired) electrons. The van der Waals surface area contributed by atoms with Gasteiger partial charge in [0.2, 0.25) is 5.91 Å². The third kappa shape index (κ3) is 4.21. The van der Waals surface area contributed by atoms with E-state index in [2.05, 4.69) is 44.4 Å². The molecule has 9 heteroatoms. The number of benzene rings is 2. The summed E-state index contributed by atoms with van der Waals surface area (Å²) in [6, 6.07) is 11.1. The Morgan fingerprint density at radius 1 is 1.11 bits per heavy atom. The van der Waals surface area contributed by atoms with E-state index in [-0.39, 0.29) is 42.1 Å². The predicted octanol–water partition coefficient (Wildman–Crippen LogP) is 3.56. The van der Waals surface area contributed by atoms with E-state index in [1.165, 1.54) is 23.8 Å². The highest BCUT2D eigenvalue weighted by Crippen LogP contribution is 2.42. The number of hydrogen-bond acceptors (Lipinski definition) is 5. The number of aromatic nitrogens is 2. The van der Waals surface area contributed by atoms with Gasteiger partial charge in [-0.1, -0.05) is 12.1 Å². The summed E-state index contributed by atoms with van der Waals surface area (Å²) in [6.07, 6.45) is 6.61. The van der Waals surface area contributed by atoms with Crippen molar-refractivity contribution in [1.29, 1.82) is 0 Å². The number of piperidine rings is 1. The molecule has 200 valence electrons. The minimum atomic E-state index is -0.499. The summed E-state index contributed by atoms with van der Waals surface area (Å²) in [6.45, 7) is 1.08. The summed E-state index contributed by atoms with van der Waals surface area (Å²) in [5.74, 6) is -0.104. The summed E-state index contributed by atoms with van der Waals surface area (Å²) < 4.78 is 30.4. The van der Waals surface area contributed by atoms with E-state index < -0.39 is 11.6 Å². The second-order valence-electron chi connectivity index (χ2n) is 11.8. The van der Waals surface area contributed by atoms with E-state index in [0.717, 1.165) is 49.6 Å². The molecule has 7 atom stereocenters. The zero-order valence-corrected chi connectivity index (χ0v) is 21.5. The summed E-state index contributed by atoms with van der Waals surface area (Å²) in [4.78, 5) is 15.7. The normalized spacial score (nSPS) is 32.7. The Morgan fingerprint density at radius 2 is 1.95 bits per heavy atom. The number of fused-ring (bicyclic) bond motifs is 4. The Balaban J connectivity index is 1.02. The fourth-order valence-electron chi connectivity index (χ4n) is 7.65. The number of halogens is 2. The van der Waals surface area contributed by atoms with E-state index in [4.69, 9.17) is 0 Å². The van der Waals surface area contributed by atoms with Gasteiger partial charge in [-0.2, -0.15) is 5.10 Å². The number of nitrogens with zero attached hydrogens (tertiary/aromatic N) is 3. The van der Waals surface area contributed by atoms with Crippen LogP contribution in [0.3, 0.4) is 0 Å². The van der Waals surface area contributed by atoms with Gasteiger partial charge in [-0.05, 0) is 73.8 Å². The molecule has 3 N–H and O–H groups in total. The minimum Gasteiger partial charge on any atom is -0.352 e. The van der Waals surface area contributed by atoms with Gasteiger partial charge < -0.3 is 5.32 Å². The summed E-state index contributed by atoms with van der Waals surface area (Å²) in [7, 11) is 1.93. The summed E-state index contributed by atoms with van der Waals surface area (Å²) in [5, 5.41) is 8.98. The van der Waals surface area contributed by atoms with Crippen LogP contribution in [-0.4, -0.2) is 45.3 Å². The van der Waals surface area contributed by atoms with Gasteiger partial charge in [-0.3, -0.25) is 19.8 Å². The maximum absolute atomic E-state index is 14.3. The Bertz CT molecular complexity index is 1360. The predicted molar refractivity (Wildman–Crippen MR) is 140 cm³/mol. The number of carbonyl (C=O) groups is 1. The van der Waals surface area contributed by atoms with Crippen LogP contribution in [0.1, 0.15) is 49.3 Å². The highest BCUT2D eigenvalue weighted by molar-refractivity contribution is 5.80. The molecular formula is C29H34F2N6O. The average Bonchev–Trinajstić information content (AvgIpc) is 3.67. The van der Waals surface area contributed by atoms with Gasteiger partial charge >= 0.3 is 0 Å². The van der Waals surface area contributed by atoms with Crippen molar-refractivity contribution < 1.29 is 13.6 Å². The third-order valence-electron chi connectivity index (χ3n) is 9.46. The highest BCUT2D eigenvalue weighted by atomic mass is 19.1. The molecule has 2 saturated carbocycles. The van der Waals surface area contributed by atoms with Crippen LogP contribution in [-0.2, 0) is 18.4 Å². The maximum Gasteiger partial charge on any atom is 0.223 e. The largest absolute Gasteiger partial charge is 0.352 e. The lowest BCUT2D eigenvalue weighted by Crippen LogP contribution is -2.52. The number of likely N-dealkylation sites (tertiary alicyclic amines) is 1. The second-order valence-corrected chi connectivity index (χ2v) is 11.8. The van der Waals surface area contributed by atoms with Crippen molar-refractivity contribution in [1.82, 2.24) is 30.8 Å². The highest BCUT2D eigenvalue weighted by Gasteiger charge is 2.47. The molecule has 5 unspecified atom stereocenters. The van der Waals surface area contributed by atoms with Gasteiger partial charge in [-0.15, -0.1) is 0 Å². The molecule has 0 spiro atoms. The van der Waals surface area contributed by atoms with Crippen LogP contribution in [0.25, 0.3) is 10.9 Å². The zero-order valence-electron chi connectivity index (χ0n) is 21.5. The molecule has 2 bridgehead atoms. The van der Waals surface area contributed by atoms with Crippen molar-refractivity contribution in [3.05, 3.63) is 65.4 Å². The SMILES string of the molecule is Cn1cc2cc(C3NNC4CCC(C(=O)NC5C[C@@H]6C[C@H]5N(Cc5c(F)cccc5F)C6)CC43)ccc2n1. The van der Waals surface area contributed by atoms with Gasteiger partial charge in [0.15, 0.2) is 0 Å². The van der Waals surface area contributed by atoms with Gasteiger partial charge in [-0.25, -0.2) is 14.2 Å². The van der Waals surface area contributed by atoms with E-state index >= 15 is 0 Å². The first-order chi connectivity index (χ1) is 18.4. The molecule has 2 aromatic carbocycles. The maximum atomic E-state index is 14.3. The molecule has 4 aliphatic rings. The number of hydrogen-bond donors (Lipinski definition) is 3. The molecule has 38 heavy (non-hydrogen) atoms. The van der Waals surface area contributed by atoms with Crippen LogP contribution in [0.4, 0.5) is 8.78 Å². The molecule has 2 aliphatic carbocycles. The van der Waals surface area contributed by atoms with Crippen LogP contribution >= 0.6 is 0 Å². The molecule has 2 saturated heterocycles. The Labute approximate surface area is 220 Å². The lowest BCUT2D eigenvalue weighted by atomic mass is 9.74. The van der Waals surface area contributed by atoms with Crippen molar-refractivity contribution in [3.8, 4) is 0 Å². The smallest absolute Gasteiger partial charge is 0.223 e. The van der Waals surface area contributed by atoms with Gasteiger partial charge in [0.05, 0.1) is 11.6 Å². The first-order valence-electron chi connectivity index (χ1n) is 13.8. The van der Waals surface area contributed by atoms with E-state index in [9.17, 15) is 13.6 Å². The average molecular weight is 521 g/mol. The topological polar surface area (TPSA) is 74.2 Å². The molecule has 1 aromatic heterocycles. The molecule has 7 nitrogen and oxygen atoms in total. The molecule has 2 aliphatic heterocycles. The Morgan fingerprint density at radius 3 is 2.76 bits per heavy atom. The standard InChI is InChI=1S/C29H34F2N6O/c1-36-14-19-11-17(5-7-24(19)35-36)28-20-12-18(6-8-25(20)33-34-28)29(38)32-26-9-16-10-27(26)37(13-16)15-21-22(30)3-2-4-23(21)31/h2-5,7,11,14,16,18,20,25-28,33-34H,6,8-10,12-13,15H2,1H3,(H,32,38)/t16-,18?,20?,25?,26?,27-,28?/m1/s1. The fourth-order valence-corrected chi connectivity index (χ4v) is 7.65. The number of amides is 1. The van der Waals surface area contributed by atoms with Gasteiger partial charge in [0, 0.05) is 61.3 Å². The van der Waals surface area contributed by atoms with Crippen LogP contribution < -0.4 is 16.2 Å². The number of rotatable bonds is 5. The monoisotopic (exact) mass is 520 g/mol.